The molecule has 1 atom stereocenters. The minimum atomic E-state index is -0.716. The Bertz CT molecular complexity index is 694. The summed E-state index contributed by atoms with van der Waals surface area (Å²) < 4.78 is 5.49. The summed E-state index contributed by atoms with van der Waals surface area (Å²) in [5.41, 5.74) is 0.949. The van der Waals surface area contributed by atoms with Crippen molar-refractivity contribution in [3.8, 4) is 0 Å². The van der Waals surface area contributed by atoms with E-state index in [-0.39, 0.29) is 11.7 Å². The highest BCUT2D eigenvalue weighted by atomic mass is 32.2. The standard InChI is InChI=1S/C16H20N4O3S2/c1-3-17-15-19-20-16(25-15)24-10-13(21)18-12(14(22)23-2)9-11-7-5-4-6-8-11/h4-8,12H,3,9-10H2,1-2H3,(H,17,19)(H,18,21). The van der Waals surface area contributed by atoms with E-state index in [1.807, 2.05) is 37.3 Å². The molecule has 134 valence electrons. The molecular formula is C16H20N4O3S2. The molecule has 2 N–H and O–H groups in total. The lowest BCUT2D eigenvalue weighted by Gasteiger charge is -2.16. The van der Waals surface area contributed by atoms with Crippen molar-refractivity contribution in [1.29, 1.82) is 0 Å². The molecular weight excluding hydrogens is 360 g/mol. The number of nitrogens with zero attached hydrogens (tertiary/aromatic N) is 2. The van der Waals surface area contributed by atoms with Crippen molar-refractivity contribution >= 4 is 40.1 Å². The highest BCUT2D eigenvalue weighted by molar-refractivity contribution is 8.01. The SMILES string of the molecule is CCNc1nnc(SCC(=O)NC(Cc2ccccc2)C(=O)OC)s1. The van der Waals surface area contributed by atoms with Gasteiger partial charge in [0.2, 0.25) is 11.0 Å². The van der Waals surface area contributed by atoms with Gasteiger partial charge >= 0.3 is 5.97 Å². The average molecular weight is 380 g/mol. The number of amides is 1. The summed E-state index contributed by atoms with van der Waals surface area (Å²) in [7, 11) is 1.31. The molecule has 0 aliphatic heterocycles. The Morgan fingerprint density at radius 3 is 2.72 bits per heavy atom. The Hall–Kier alpha value is -2.13. The minimum Gasteiger partial charge on any atom is -0.467 e. The van der Waals surface area contributed by atoms with Crippen molar-refractivity contribution in [2.75, 3.05) is 24.7 Å². The van der Waals surface area contributed by atoms with E-state index in [1.54, 1.807) is 0 Å². The van der Waals surface area contributed by atoms with Crippen molar-refractivity contribution in [3.05, 3.63) is 35.9 Å². The zero-order valence-corrected chi connectivity index (χ0v) is 15.7. The zero-order chi connectivity index (χ0) is 18.1. The third-order valence-electron chi connectivity index (χ3n) is 3.16. The van der Waals surface area contributed by atoms with Crippen molar-refractivity contribution in [2.45, 2.75) is 23.7 Å². The first-order chi connectivity index (χ1) is 12.1. The maximum atomic E-state index is 12.2. The topological polar surface area (TPSA) is 93.2 Å². The van der Waals surface area contributed by atoms with E-state index < -0.39 is 12.0 Å². The van der Waals surface area contributed by atoms with Crippen molar-refractivity contribution in [1.82, 2.24) is 15.5 Å². The van der Waals surface area contributed by atoms with Crippen LogP contribution in [0.5, 0.6) is 0 Å². The number of aromatic nitrogens is 2. The minimum absolute atomic E-state index is 0.156. The molecule has 9 heteroatoms. The lowest BCUT2D eigenvalue weighted by atomic mass is 10.1. The fraction of sp³-hybridized carbons (Fsp3) is 0.375. The second-order valence-electron chi connectivity index (χ2n) is 5.03. The normalized spacial score (nSPS) is 11.6. The number of ether oxygens (including phenoxy) is 1. The lowest BCUT2D eigenvalue weighted by molar-refractivity contribution is -0.144. The zero-order valence-electron chi connectivity index (χ0n) is 14.0. The summed E-state index contributed by atoms with van der Waals surface area (Å²) in [6.45, 7) is 2.74. The largest absolute Gasteiger partial charge is 0.467 e. The van der Waals surface area contributed by atoms with E-state index in [0.717, 1.165) is 17.2 Å². The number of thioether (sulfide) groups is 1. The maximum Gasteiger partial charge on any atom is 0.328 e. The number of carbonyl (C=O) groups excluding carboxylic acids is 2. The molecule has 0 aliphatic carbocycles. The third kappa shape index (κ3) is 6.35. The second-order valence-corrected chi connectivity index (χ2v) is 7.23. The van der Waals surface area contributed by atoms with Crippen LogP contribution in [0.25, 0.3) is 0 Å². The molecule has 0 aliphatic rings. The average Bonchev–Trinajstić information content (AvgIpc) is 3.07. The van der Waals surface area contributed by atoms with E-state index >= 15 is 0 Å². The highest BCUT2D eigenvalue weighted by Crippen LogP contribution is 2.25. The third-order valence-corrected chi connectivity index (χ3v) is 5.18. The van der Waals surface area contributed by atoms with Gasteiger partial charge in [-0.2, -0.15) is 0 Å². The van der Waals surface area contributed by atoms with Crippen molar-refractivity contribution in [2.24, 2.45) is 0 Å². The van der Waals surface area contributed by atoms with Gasteiger partial charge in [0.1, 0.15) is 6.04 Å². The van der Waals surface area contributed by atoms with E-state index in [9.17, 15) is 9.59 Å². The fourth-order valence-corrected chi connectivity index (χ4v) is 3.67. The molecule has 0 saturated heterocycles. The molecule has 7 nitrogen and oxygen atoms in total. The van der Waals surface area contributed by atoms with Gasteiger partial charge in [0.15, 0.2) is 4.34 Å². The number of carbonyl (C=O) groups is 2. The second kappa shape index (κ2) is 10.00. The van der Waals surface area contributed by atoms with Gasteiger partial charge in [-0.3, -0.25) is 4.79 Å². The summed E-state index contributed by atoms with van der Waals surface area (Å²) >= 11 is 2.67. The van der Waals surface area contributed by atoms with Gasteiger partial charge in [0, 0.05) is 13.0 Å². The quantitative estimate of drug-likeness (QED) is 0.507. The van der Waals surface area contributed by atoms with Gasteiger partial charge in [-0.15, -0.1) is 10.2 Å². The Kier molecular flexibility index (Phi) is 7.68. The van der Waals surface area contributed by atoms with E-state index in [1.165, 1.54) is 30.2 Å². The summed E-state index contributed by atoms with van der Waals surface area (Å²) in [6.07, 6.45) is 0.382. The number of hydrogen-bond acceptors (Lipinski definition) is 8. The van der Waals surface area contributed by atoms with Gasteiger partial charge < -0.3 is 15.4 Å². The van der Waals surface area contributed by atoms with Crippen LogP contribution in [-0.2, 0) is 20.7 Å². The Labute approximate surface area is 154 Å². The molecule has 1 aromatic carbocycles. The molecule has 0 spiro atoms. The van der Waals surface area contributed by atoms with Gasteiger partial charge in [-0.25, -0.2) is 4.79 Å². The summed E-state index contributed by atoms with van der Waals surface area (Å²) in [5.74, 6) is -0.563. The van der Waals surface area contributed by atoms with Crippen LogP contribution >= 0.6 is 23.1 Å². The molecule has 1 aromatic heterocycles. The molecule has 0 radical (unpaired) electrons. The predicted molar refractivity (Wildman–Crippen MR) is 98.9 cm³/mol. The van der Waals surface area contributed by atoms with Crippen LogP contribution in [0.4, 0.5) is 5.13 Å². The van der Waals surface area contributed by atoms with Gasteiger partial charge in [0.05, 0.1) is 12.9 Å². The van der Waals surface area contributed by atoms with Gasteiger partial charge in [-0.1, -0.05) is 53.4 Å². The Balaban J connectivity index is 1.88. The molecule has 2 aromatic rings. The summed E-state index contributed by atoms with van der Waals surface area (Å²) in [5, 5.41) is 14.5. The van der Waals surface area contributed by atoms with E-state index in [0.29, 0.717) is 10.8 Å². The molecule has 25 heavy (non-hydrogen) atoms. The fourth-order valence-electron chi connectivity index (χ4n) is 2.04. The van der Waals surface area contributed by atoms with Crippen molar-refractivity contribution in [3.63, 3.8) is 0 Å². The van der Waals surface area contributed by atoms with Crippen molar-refractivity contribution < 1.29 is 14.3 Å². The molecule has 0 fully saturated rings. The van der Waals surface area contributed by atoms with Crippen LogP contribution in [0.3, 0.4) is 0 Å². The molecule has 1 heterocycles. The number of esters is 1. The summed E-state index contributed by atoms with van der Waals surface area (Å²) in [6, 6.07) is 8.76. The first kappa shape index (κ1) is 19.2. The smallest absolute Gasteiger partial charge is 0.328 e. The van der Waals surface area contributed by atoms with Gasteiger partial charge in [-0.05, 0) is 12.5 Å². The first-order valence-corrected chi connectivity index (χ1v) is 9.54. The number of benzene rings is 1. The van der Waals surface area contributed by atoms with E-state index in [4.69, 9.17) is 4.74 Å². The highest BCUT2D eigenvalue weighted by Gasteiger charge is 2.22. The van der Waals surface area contributed by atoms with Crippen LogP contribution in [0, 0.1) is 0 Å². The molecule has 0 bridgehead atoms. The van der Waals surface area contributed by atoms with E-state index in [2.05, 4.69) is 20.8 Å². The Morgan fingerprint density at radius 1 is 1.28 bits per heavy atom. The number of nitrogens with one attached hydrogen (secondary N) is 2. The molecule has 0 saturated carbocycles. The van der Waals surface area contributed by atoms with Crippen LogP contribution in [0.1, 0.15) is 12.5 Å². The first-order valence-electron chi connectivity index (χ1n) is 7.73. The number of methoxy groups -OCH3 is 1. The number of rotatable bonds is 9. The number of anilines is 1. The summed E-state index contributed by atoms with van der Waals surface area (Å²) in [4.78, 5) is 24.1. The van der Waals surface area contributed by atoms with Crippen LogP contribution in [-0.4, -0.2) is 47.5 Å². The van der Waals surface area contributed by atoms with Crippen LogP contribution in [0.15, 0.2) is 34.7 Å². The lowest BCUT2D eigenvalue weighted by Crippen LogP contribution is -2.43. The predicted octanol–water partition coefficient (Wildman–Crippen LogP) is 1.96. The van der Waals surface area contributed by atoms with Crippen LogP contribution < -0.4 is 10.6 Å². The van der Waals surface area contributed by atoms with Gasteiger partial charge in [0.25, 0.3) is 0 Å². The maximum absolute atomic E-state index is 12.2. The monoisotopic (exact) mass is 380 g/mol. The Morgan fingerprint density at radius 2 is 2.04 bits per heavy atom. The molecule has 1 unspecified atom stereocenters. The molecule has 1 amide bonds. The van der Waals surface area contributed by atoms with Crippen LogP contribution in [0.2, 0.25) is 0 Å². The molecule has 2 rings (SSSR count). The number of hydrogen-bond donors (Lipinski definition) is 2.